The van der Waals surface area contributed by atoms with Gasteiger partial charge in [0.2, 0.25) is 0 Å². The monoisotopic (exact) mass is 247 g/mol. The van der Waals surface area contributed by atoms with Gasteiger partial charge in [-0.15, -0.1) is 0 Å². The van der Waals surface area contributed by atoms with E-state index in [0.29, 0.717) is 0 Å². The molecule has 0 aromatic carbocycles. The molecule has 0 fully saturated rings. The van der Waals surface area contributed by atoms with Crippen molar-refractivity contribution < 1.29 is 65.4 Å². The van der Waals surface area contributed by atoms with Gasteiger partial charge in [-0.2, -0.15) is 0 Å². The molecule has 4 heavy (non-hydrogen) atoms. The summed E-state index contributed by atoms with van der Waals surface area (Å²) in [5.41, 5.74) is 0. The van der Waals surface area contributed by atoms with Crippen molar-refractivity contribution in [3.8, 4) is 0 Å². The minimum absolute atomic E-state index is 0. The maximum Gasteiger partial charge on any atom is 2.00 e. The van der Waals surface area contributed by atoms with Crippen molar-refractivity contribution in [1.82, 2.24) is 0 Å². The van der Waals surface area contributed by atoms with Crippen LogP contribution in [0.4, 0.5) is 0 Å². The van der Waals surface area contributed by atoms with Gasteiger partial charge >= 0.3 is 23.1 Å². The van der Waals surface area contributed by atoms with Gasteiger partial charge in [0.15, 0.2) is 0 Å². The summed E-state index contributed by atoms with van der Waals surface area (Å²) in [6.07, 6.45) is 0. The molecule has 0 amide bonds. The van der Waals surface area contributed by atoms with Crippen molar-refractivity contribution in [3.63, 3.8) is 0 Å². The standard InChI is InChI=1S/Mg.Nd.H3Si.Ti.2H/h;;1H3;;;/q+2;;;;2*-1. The molecular weight excluding hydrogens is 244 g/mol. The third-order valence-corrected chi connectivity index (χ3v) is 0. The fraction of sp³-hybridized carbons (Fsp3) is 0. The van der Waals surface area contributed by atoms with E-state index in [4.69, 9.17) is 0 Å². The Morgan fingerprint density at radius 1 is 1.25 bits per heavy atom. The molecular formula is H5MgNdSiTi. The first kappa shape index (κ1) is 27.7. The second-order valence-corrected chi connectivity index (χ2v) is 0. The van der Waals surface area contributed by atoms with Crippen LogP contribution in [0, 0.1) is 40.8 Å². The van der Waals surface area contributed by atoms with E-state index in [2.05, 4.69) is 0 Å². The third kappa shape index (κ3) is 8.90. The van der Waals surface area contributed by atoms with E-state index < -0.39 is 0 Å². The zero-order chi connectivity index (χ0) is 0. The SMILES string of the molecule is [H-].[H-].[Mg+2].[Nd].[SiH3].[Ti]. The zero-order valence-corrected chi connectivity index (χ0v) is 10.9. The van der Waals surface area contributed by atoms with Crippen molar-refractivity contribution in [1.29, 1.82) is 0 Å². The number of hydrogen-bond donors (Lipinski definition) is 0. The topological polar surface area (TPSA) is 0 Å². The summed E-state index contributed by atoms with van der Waals surface area (Å²) in [6, 6.07) is 0. The van der Waals surface area contributed by atoms with Crippen LogP contribution in [0.15, 0.2) is 0 Å². The van der Waals surface area contributed by atoms with Crippen molar-refractivity contribution in [2.75, 3.05) is 0 Å². The second-order valence-electron chi connectivity index (χ2n) is 0. The molecule has 0 aromatic heterocycles. The van der Waals surface area contributed by atoms with E-state index in [1.165, 1.54) is 0 Å². The first-order valence-electron chi connectivity index (χ1n) is 0. The Kier molecular flexibility index (Phi) is 115. The molecule has 0 aromatic rings. The van der Waals surface area contributed by atoms with E-state index in [1.54, 1.807) is 0 Å². The Morgan fingerprint density at radius 2 is 1.25 bits per heavy atom. The molecule has 0 saturated carbocycles. The Bertz CT molecular complexity index is 13.5. The van der Waals surface area contributed by atoms with Gasteiger partial charge in [-0.25, -0.2) is 0 Å². The predicted molar refractivity (Wildman–Crippen MR) is 17.9 cm³/mol. The van der Waals surface area contributed by atoms with E-state index in [9.17, 15) is 0 Å². The zero-order valence-electron chi connectivity index (χ0n) is 4.71. The Labute approximate surface area is 97.4 Å². The minimum Gasteiger partial charge on any atom is -1.00 e. The molecule has 0 aliphatic carbocycles. The van der Waals surface area contributed by atoms with Gasteiger partial charge in [0.05, 0.1) is 0 Å². The van der Waals surface area contributed by atoms with Crippen LogP contribution in [0.25, 0.3) is 0 Å². The molecule has 0 aliphatic rings. The van der Waals surface area contributed by atoms with Gasteiger partial charge in [0.25, 0.3) is 0 Å². The van der Waals surface area contributed by atoms with Crippen LogP contribution in [-0.2, 0) is 21.7 Å². The summed E-state index contributed by atoms with van der Waals surface area (Å²) in [7, 11) is 0. The van der Waals surface area contributed by atoms with Crippen LogP contribution in [0.1, 0.15) is 2.85 Å². The Balaban J connectivity index is 0. The maximum absolute atomic E-state index is 0. The summed E-state index contributed by atoms with van der Waals surface area (Å²) in [4.78, 5) is 0. The summed E-state index contributed by atoms with van der Waals surface area (Å²) in [6.45, 7) is 0. The van der Waals surface area contributed by atoms with Gasteiger partial charge in [-0.1, -0.05) is 0 Å². The molecule has 0 nitrogen and oxygen atoms in total. The molecule has 0 bridgehead atoms. The van der Waals surface area contributed by atoms with Crippen molar-refractivity contribution >= 4 is 34.0 Å². The van der Waals surface area contributed by atoms with Crippen LogP contribution in [0.3, 0.4) is 0 Å². The molecule has 0 spiro atoms. The van der Waals surface area contributed by atoms with E-state index in [1.807, 2.05) is 0 Å². The molecule has 0 N–H and O–H groups in total. The molecule has 0 saturated heterocycles. The summed E-state index contributed by atoms with van der Waals surface area (Å²) < 4.78 is 0. The number of hydrogen-bond acceptors (Lipinski definition) is 0. The molecule has 0 aliphatic heterocycles. The van der Waals surface area contributed by atoms with Crippen LogP contribution < -0.4 is 0 Å². The molecule has 0 rings (SSSR count). The summed E-state index contributed by atoms with van der Waals surface area (Å²) in [5.74, 6) is 0. The molecule has 4 heteroatoms. The molecule has 19 valence electrons. The third-order valence-electron chi connectivity index (χ3n) is 0. The molecule has 0 unspecified atom stereocenters. The average molecular weight is 250 g/mol. The predicted octanol–water partition coefficient (Wildman–Crippen LogP) is -1.34. The van der Waals surface area contributed by atoms with Crippen molar-refractivity contribution in [2.45, 2.75) is 0 Å². The molecule has 0 atom stereocenters. The van der Waals surface area contributed by atoms with E-state index in [-0.39, 0.29) is 99.4 Å². The smallest absolute Gasteiger partial charge is 1.00 e. The summed E-state index contributed by atoms with van der Waals surface area (Å²) >= 11 is 0. The minimum atomic E-state index is 0. The van der Waals surface area contributed by atoms with Crippen LogP contribution >= 0.6 is 0 Å². The first-order chi connectivity index (χ1) is 0. The number of rotatable bonds is 0. The maximum atomic E-state index is 0. The van der Waals surface area contributed by atoms with Gasteiger partial charge in [0.1, 0.15) is 0 Å². The van der Waals surface area contributed by atoms with Gasteiger partial charge < -0.3 is 2.85 Å². The van der Waals surface area contributed by atoms with Gasteiger partial charge in [-0.05, 0) is 11.0 Å². The quantitative estimate of drug-likeness (QED) is 0.466. The Morgan fingerprint density at radius 3 is 1.25 bits per heavy atom. The fourth-order valence-corrected chi connectivity index (χ4v) is 0. The van der Waals surface area contributed by atoms with Crippen molar-refractivity contribution in [3.05, 3.63) is 0 Å². The molecule has 0 heterocycles. The van der Waals surface area contributed by atoms with Crippen molar-refractivity contribution in [2.24, 2.45) is 0 Å². The van der Waals surface area contributed by atoms with Crippen LogP contribution in [0.5, 0.6) is 0 Å². The van der Waals surface area contributed by atoms with Gasteiger partial charge in [0, 0.05) is 62.6 Å². The van der Waals surface area contributed by atoms with E-state index in [0.717, 1.165) is 0 Å². The average Bonchev–Trinajstić information content (AvgIpc) is 0. The molecule has 1 radical (unpaired) electrons. The van der Waals surface area contributed by atoms with Crippen LogP contribution in [0.2, 0.25) is 0 Å². The Hall–Kier alpha value is 3.05. The fourth-order valence-electron chi connectivity index (χ4n) is 0. The normalized spacial score (nSPS) is 0. The largest absolute Gasteiger partial charge is 2.00 e. The first-order valence-corrected chi connectivity index (χ1v) is 0. The van der Waals surface area contributed by atoms with Crippen LogP contribution in [-0.4, -0.2) is 34.0 Å². The van der Waals surface area contributed by atoms with Gasteiger partial charge in [-0.3, -0.25) is 0 Å². The second kappa shape index (κ2) is 16.6. The summed E-state index contributed by atoms with van der Waals surface area (Å²) in [5, 5.41) is 0. The van der Waals surface area contributed by atoms with E-state index >= 15 is 0 Å².